The van der Waals surface area contributed by atoms with E-state index in [0.29, 0.717) is 18.1 Å². The highest BCUT2D eigenvalue weighted by Crippen LogP contribution is 2.46. The quantitative estimate of drug-likeness (QED) is 0.651. The van der Waals surface area contributed by atoms with Gasteiger partial charge in [-0.05, 0) is 50.4 Å². The summed E-state index contributed by atoms with van der Waals surface area (Å²) < 4.78 is 6.11. The van der Waals surface area contributed by atoms with Crippen LogP contribution in [0.5, 0.6) is 0 Å². The van der Waals surface area contributed by atoms with E-state index in [1.54, 1.807) is 0 Å². The van der Waals surface area contributed by atoms with Crippen molar-refractivity contribution in [3.05, 3.63) is 0 Å². The van der Waals surface area contributed by atoms with Crippen LogP contribution in [0.4, 0.5) is 0 Å². The summed E-state index contributed by atoms with van der Waals surface area (Å²) in [6.07, 6.45) is 6.76. The third kappa shape index (κ3) is 1.90. The predicted molar refractivity (Wildman–Crippen MR) is 54.6 cm³/mol. The zero-order valence-corrected chi connectivity index (χ0v) is 9.12. The van der Waals surface area contributed by atoms with Crippen LogP contribution in [0.3, 0.4) is 0 Å². The van der Waals surface area contributed by atoms with Crippen LogP contribution in [0.25, 0.3) is 0 Å². The molecule has 0 N–H and O–H groups in total. The molecular formula is C12H22O. The third-order valence-corrected chi connectivity index (χ3v) is 4.00. The zero-order valence-electron chi connectivity index (χ0n) is 9.12. The molecule has 2 bridgehead atoms. The molecule has 76 valence electrons. The van der Waals surface area contributed by atoms with Crippen LogP contribution in [-0.2, 0) is 4.74 Å². The van der Waals surface area contributed by atoms with E-state index in [4.69, 9.17) is 4.74 Å². The minimum absolute atomic E-state index is 0.448. The fraction of sp³-hybridized carbons (Fsp3) is 1.00. The molecule has 3 unspecified atom stereocenters. The summed E-state index contributed by atoms with van der Waals surface area (Å²) >= 11 is 0. The second-order valence-electron chi connectivity index (χ2n) is 5.30. The lowest BCUT2D eigenvalue weighted by molar-refractivity contribution is -0.0500. The van der Waals surface area contributed by atoms with Gasteiger partial charge in [0.15, 0.2) is 0 Å². The van der Waals surface area contributed by atoms with Crippen molar-refractivity contribution >= 4 is 0 Å². The van der Waals surface area contributed by atoms with E-state index in [-0.39, 0.29) is 0 Å². The van der Waals surface area contributed by atoms with Gasteiger partial charge in [-0.3, -0.25) is 0 Å². The molecule has 4 atom stereocenters. The summed E-state index contributed by atoms with van der Waals surface area (Å²) in [6.45, 7) is 6.71. The largest absolute Gasteiger partial charge is 0.375 e. The van der Waals surface area contributed by atoms with E-state index in [0.717, 1.165) is 11.8 Å². The Morgan fingerprint density at radius 1 is 1.08 bits per heavy atom. The molecule has 0 aliphatic heterocycles. The Hall–Kier alpha value is -0.0400. The normalized spacial score (nSPS) is 40.2. The maximum absolute atomic E-state index is 6.11. The molecule has 0 saturated heterocycles. The molecule has 13 heavy (non-hydrogen) atoms. The first-order valence-electron chi connectivity index (χ1n) is 5.82. The summed E-state index contributed by atoms with van der Waals surface area (Å²) in [5.74, 6) is 2.58. The molecule has 0 spiro atoms. The predicted octanol–water partition coefficient (Wildman–Crippen LogP) is 3.24. The van der Waals surface area contributed by atoms with Crippen molar-refractivity contribution in [3.8, 4) is 0 Å². The number of ether oxygens (including phenoxy) is 1. The van der Waals surface area contributed by atoms with Gasteiger partial charge in [0.25, 0.3) is 0 Å². The number of hydrogen-bond donors (Lipinski definition) is 0. The van der Waals surface area contributed by atoms with Gasteiger partial charge in [-0.1, -0.05) is 13.8 Å². The van der Waals surface area contributed by atoms with Gasteiger partial charge in [0.1, 0.15) is 0 Å². The van der Waals surface area contributed by atoms with Crippen LogP contribution in [0.2, 0.25) is 0 Å². The van der Waals surface area contributed by atoms with Crippen LogP contribution in [-0.4, -0.2) is 12.2 Å². The second-order valence-corrected chi connectivity index (χ2v) is 5.30. The maximum atomic E-state index is 6.11. The molecule has 0 radical (unpaired) electrons. The van der Waals surface area contributed by atoms with E-state index in [1.165, 1.54) is 25.7 Å². The summed E-state index contributed by atoms with van der Waals surface area (Å²) in [5, 5.41) is 0. The Morgan fingerprint density at radius 3 is 2.31 bits per heavy atom. The average molecular weight is 182 g/mol. The van der Waals surface area contributed by atoms with E-state index >= 15 is 0 Å². The van der Waals surface area contributed by atoms with Gasteiger partial charge in [0, 0.05) is 0 Å². The van der Waals surface area contributed by atoms with E-state index in [2.05, 4.69) is 20.8 Å². The Morgan fingerprint density at radius 2 is 1.85 bits per heavy atom. The lowest BCUT2D eigenvalue weighted by Gasteiger charge is -2.27. The van der Waals surface area contributed by atoms with Crippen molar-refractivity contribution in [2.45, 2.75) is 58.7 Å². The highest BCUT2D eigenvalue weighted by atomic mass is 16.5. The third-order valence-electron chi connectivity index (χ3n) is 4.00. The van der Waals surface area contributed by atoms with E-state index < -0.39 is 0 Å². The lowest BCUT2D eigenvalue weighted by atomic mass is 9.97. The Balaban J connectivity index is 1.83. The Bertz CT molecular complexity index is 176. The maximum Gasteiger partial charge on any atom is 0.0609 e. The van der Waals surface area contributed by atoms with E-state index in [9.17, 15) is 0 Å². The van der Waals surface area contributed by atoms with Gasteiger partial charge >= 0.3 is 0 Å². The van der Waals surface area contributed by atoms with Crippen molar-refractivity contribution in [2.75, 3.05) is 0 Å². The van der Waals surface area contributed by atoms with Crippen molar-refractivity contribution in [1.82, 2.24) is 0 Å². The molecule has 2 fully saturated rings. The van der Waals surface area contributed by atoms with Crippen molar-refractivity contribution in [3.63, 3.8) is 0 Å². The van der Waals surface area contributed by atoms with Crippen LogP contribution in [0, 0.1) is 17.8 Å². The van der Waals surface area contributed by atoms with Crippen LogP contribution in [0.15, 0.2) is 0 Å². The molecule has 2 aliphatic rings. The summed E-state index contributed by atoms with van der Waals surface area (Å²) in [5.41, 5.74) is 0. The SMILES string of the molecule is CC(C)[C@H](C)OC1CC2CCC1C2. The van der Waals surface area contributed by atoms with E-state index in [1.807, 2.05) is 0 Å². The molecule has 1 heteroatoms. The topological polar surface area (TPSA) is 9.23 Å². The molecular weight excluding hydrogens is 160 g/mol. The standard InChI is InChI=1S/C12H22O/c1-8(2)9(3)13-12-7-10-4-5-11(12)6-10/h8-12H,4-7H2,1-3H3/t9-,10?,11?,12?/m0/s1. The minimum atomic E-state index is 0.448. The highest BCUT2D eigenvalue weighted by Gasteiger charge is 2.40. The monoisotopic (exact) mass is 182 g/mol. The number of rotatable bonds is 3. The van der Waals surface area contributed by atoms with Gasteiger partial charge < -0.3 is 4.74 Å². The first-order chi connectivity index (χ1) is 6.16. The van der Waals surface area contributed by atoms with Crippen LogP contribution < -0.4 is 0 Å². The smallest absolute Gasteiger partial charge is 0.0609 e. The fourth-order valence-corrected chi connectivity index (χ4v) is 2.79. The molecule has 0 amide bonds. The molecule has 2 aliphatic carbocycles. The lowest BCUT2D eigenvalue weighted by Crippen LogP contribution is -2.28. The molecule has 2 saturated carbocycles. The van der Waals surface area contributed by atoms with Crippen molar-refractivity contribution in [2.24, 2.45) is 17.8 Å². The molecule has 0 aromatic rings. The molecule has 0 heterocycles. The number of hydrogen-bond acceptors (Lipinski definition) is 1. The first kappa shape index (κ1) is 9.51. The van der Waals surface area contributed by atoms with Crippen LogP contribution in [0.1, 0.15) is 46.5 Å². The summed E-state index contributed by atoms with van der Waals surface area (Å²) in [6, 6.07) is 0. The average Bonchev–Trinajstić information content (AvgIpc) is 2.64. The van der Waals surface area contributed by atoms with Gasteiger partial charge in [-0.15, -0.1) is 0 Å². The van der Waals surface area contributed by atoms with Gasteiger partial charge in [0.2, 0.25) is 0 Å². The summed E-state index contributed by atoms with van der Waals surface area (Å²) in [4.78, 5) is 0. The zero-order chi connectivity index (χ0) is 9.42. The van der Waals surface area contributed by atoms with Crippen molar-refractivity contribution in [1.29, 1.82) is 0 Å². The minimum Gasteiger partial charge on any atom is -0.375 e. The number of fused-ring (bicyclic) bond motifs is 2. The first-order valence-corrected chi connectivity index (χ1v) is 5.82. The Labute approximate surface area is 81.9 Å². The highest BCUT2D eigenvalue weighted by molar-refractivity contribution is 4.91. The van der Waals surface area contributed by atoms with Gasteiger partial charge in [-0.25, -0.2) is 0 Å². The van der Waals surface area contributed by atoms with Crippen LogP contribution >= 0.6 is 0 Å². The fourth-order valence-electron chi connectivity index (χ4n) is 2.79. The molecule has 1 nitrogen and oxygen atoms in total. The van der Waals surface area contributed by atoms with Gasteiger partial charge in [0.05, 0.1) is 12.2 Å². The van der Waals surface area contributed by atoms with Gasteiger partial charge in [-0.2, -0.15) is 0 Å². The molecule has 0 aromatic carbocycles. The molecule has 0 aromatic heterocycles. The summed E-state index contributed by atoms with van der Waals surface area (Å²) in [7, 11) is 0. The van der Waals surface area contributed by atoms with Crippen molar-refractivity contribution < 1.29 is 4.74 Å². The second kappa shape index (κ2) is 3.61. The Kier molecular flexibility index (Phi) is 2.64. The molecule has 2 rings (SSSR count).